The first-order valence-electron chi connectivity index (χ1n) is 7.00. The van der Waals surface area contributed by atoms with Gasteiger partial charge in [-0.1, -0.05) is 11.6 Å². The van der Waals surface area contributed by atoms with Gasteiger partial charge in [-0.25, -0.2) is 4.39 Å². The number of benzene rings is 1. The van der Waals surface area contributed by atoms with Crippen LogP contribution in [0.2, 0.25) is 5.02 Å². The van der Waals surface area contributed by atoms with Gasteiger partial charge >= 0.3 is 0 Å². The average molecular weight is 311 g/mol. The van der Waals surface area contributed by atoms with Gasteiger partial charge in [0, 0.05) is 18.7 Å². The van der Waals surface area contributed by atoms with Crippen molar-refractivity contribution in [3.05, 3.63) is 29.0 Å². The summed E-state index contributed by atoms with van der Waals surface area (Å²) in [6.07, 6.45) is 2.09. The van der Waals surface area contributed by atoms with E-state index in [1.54, 1.807) is 6.92 Å². The monoisotopic (exact) mass is 310 g/mol. The second-order valence-electron chi connectivity index (χ2n) is 5.83. The molecule has 1 aromatic rings. The third-order valence-electron chi connectivity index (χ3n) is 4.26. The Bertz CT molecular complexity index is 618. The van der Waals surface area contributed by atoms with Gasteiger partial charge in [0.25, 0.3) is 5.91 Å². The summed E-state index contributed by atoms with van der Waals surface area (Å²) < 4.78 is 13.3. The molecule has 0 aromatic heterocycles. The van der Waals surface area contributed by atoms with Crippen LogP contribution in [0.1, 0.15) is 26.2 Å². The molecule has 0 spiro atoms. The number of nitrogens with zero attached hydrogens (tertiary/aromatic N) is 1. The normalized spacial score (nSPS) is 26.5. The fourth-order valence-corrected chi connectivity index (χ4v) is 3.01. The minimum atomic E-state index is -0.881. The van der Waals surface area contributed by atoms with Crippen molar-refractivity contribution in [3.8, 4) is 0 Å². The smallest absolute Gasteiger partial charge is 0.252 e. The fourth-order valence-electron chi connectivity index (χ4n) is 2.84. The Morgan fingerprint density at radius 3 is 2.71 bits per heavy atom. The molecular formula is C15H16ClFN2O2. The molecule has 1 aliphatic heterocycles. The van der Waals surface area contributed by atoms with E-state index in [9.17, 15) is 14.0 Å². The van der Waals surface area contributed by atoms with Crippen LogP contribution in [0.15, 0.2) is 18.2 Å². The van der Waals surface area contributed by atoms with Crippen LogP contribution in [0.5, 0.6) is 0 Å². The van der Waals surface area contributed by atoms with E-state index in [1.807, 2.05) is 0 Å². The molecule has 21 heavy (non-hydrogen) atoms. The van der Waals surface area contributed by atoms with Crippen molar-refractivity contribution in [2.75, 3.05) is 11.4 Å². The molecule has 1 atom stereocenters. The minimum absolute atomic E-state index is 0.0306. The molecule has 1 heterocycles. The Morgan fingerprint density at radius 1 is 1.38 bits per heavy atom. The molecule has 0 bridgehead atoms. The van der Waals surface area contributed by atoms with Crippen molar-refractivity contribution < 1.29 is 14.0 Å². The second-order valence-corrected chi connectivity index (χ2v) is 6.24. The van der Waals surface area contributed by atoms with Crippen LogP contribution in [-0.4, -0.2) is 23.9 Å². The van der Waals surface area contributed by atoms with Crippen LogP contribution < -0.4 is 10.2 Å². The van der Waals surface area contributed by atoms with Gasteiger partial charge in [0.05, 0.1) is 5.02 Å². The molecular weight excluding hydrogens is 295 g/mol. The quantitative estimate of drug-likeness (QED) is 0.912. The maximum atomic E-state index is 13.3. The van der Waals surface area contributed by atoms with Gasteiger partial charge < -0.3 is 10.2 Å². The van der Waals surface area contributed by atoms with E-state index in [1.165, 1.54) is 23.1 Å². The summed E-state index contributed by atoms with van der Waals surface area (Å²) in [6, 6.07) is 4.18. The number of hydrogen-bond acceptors (Lipinski definition) is 2. The highest BCUT2D eigenvalue weighted by molar-refractivity contribution is 6.31. The summed E-state index contributed by atoms with van der Waals surface area (Å²) in [4.78, 5) is 26.3. The zero-order chi connectivity index (χ0) is 15.2. The summed E-state index contributed by atoms with van der Waals surface area (Å²) in [5.41, 5.74) is -0.358. The Labute approximate surface area is 127 Å². The molecule has 1 aromatic carbocycles. The van der Waals surface area contributed by atoms with E-state index < -0.39 is 11.4 Å². The van der Waals surface area contributed by atoms with E-state index >= 15 is 0 Å². The summed E-state index contributed by atoms with van der Waals surface area (Å²) in [5, 5.41) is 2.82. The highest BCUT2D eigenvalue weighted by Crippen LogP contribution is 2.42. The van der Waals surface area contributed by atoms with E-state index in [2.05, 4.69) is 5.32 Å². The lowest BCUT2D eigenvalue weighted by Gasteiger charge is -2.32. The zero-order valence-corrected chi connectivity index (χ0v) is 12.4. The molecule has 1 saturated heterocycles. The maximum Gasteiger partial charge on any atom is 0.252 e. The zero-order valence-electron chi connectivity index (χ0n) is 11.7. The van der Waals surface area contributed by atoms with Gasteiger partial charge in [0.15, 0.2) is 0 Å². The third-order valence-corrected chi connectivity index (χ3v) is 4.55. The molecule has 3 rings (SSSR count). The SMILES string of the molecule is CC1(C2CC2)NC(=O)CCN(c2ccc(F)c(Cl)c2)C1=O. The molecule has 1 N–H and O–H groups in total. The largest absolute Gasteiger partial charge is 0.342 e. The lowest BCUT2D eigenvalue weighted by Crippen LogP contribution is -2.56. The van der Waals surface area contributed by atoms with Gasteiger partial charge in [-0.3, -0.25) is 9.59 Å². The van der Waals surface area contributed by atoms with Crippen molar-refractivity contribution in [1.29, 1.82) is 0 Å². The lowest BCUT2D eigenvalue weighted by molar-refractivity contribution is -0.130. The topological polar surface area (TPSA) is 49.4 Å². The summed E-state index contributed by atoms with van der Waals surface area (Å²) in [6.45, 7) is 2.04. The van der Waals surface area contributed by atoms with Crippen molar-refractivity contribution >= 4 is 29.1 Å². The van der Waals surface area contributed by atoms with Crippen molar-refractivity contribution in [2.45, 2.75) is 31.7 Å². The number of hydrogen-bond donors (Lipinski definition) is 1. The molecule has 1 saturated carbocycles. The number of carbonyl (C=O) groups is 2. The van der Waals surface area contributed by atoms with Crippen LogP contribution in [0.25, 0.3) is 0 Å². The summed E-state index contributed by atoms with van der Waals surface area (Å²) in [5.74, 6) is -0.640. The molecule has 0 radical (unpaired) electrons. The number of nitrogens with one attached hydrogen (secondary N) is 1. The van der Waals surface area contributed by atoms with Gasteiger partial charge in [0.2, 0.25) is 5.91 Å². The minimum Gasteiger partial charge on any atom is -0.342 e. The van der Waals surface area contributed by atoms with Crippen molar-refractivity contribution in [2.24, 2.45) is 5.92 Å². The third kappa shape index (κ3) is 2.50. The number of amides is 2. The van der Waals surface area contributed by atoms with Gasteiger partial charge in [-0.2, -0.15) is 0 Å². The van der Waals surface area contributed by atoms with E-state index in [4.69, 9.17) is 11.6 Å². The first kappa shape index (κ1) is 14.3. The first-order valence-corrected chi connectivity index (χ1v) is 7.37. The number of carbonyl (C=O) groups excluding carboxylic acids is 2. The van der Waals surface area contributed by atoms with Gasteiger partial charge in [0.1, 0.15) is 11.4 Å². The van der Waals surface area contributed by atoms with Crippen molar-refractivity contribution in [1.82, 2.24) is 5.32 Å². The predicted molar refractivity (Wildman–Crippen MR) is 77.7 cm³/mol. The standard InChI is InChI=1S/C15H16ClFN2O2/c1-15(9-2-3-9)14(21)19(7-6-13(20)18-15)10-4-5-12(17)11(16)8-10/h4-5,8-9H,2-3,6-7H2,1H3,(H,18,20). The molecule has 2 amide bonds. The molecule has 2 aliphatic rings. The Morgan fingerprint density at radius 2 is 2.10 bits per heavy atom. The first-order chi connectivity index (χ1) is 9.91. The maximum absolute atomic E-state index is 13.3. The highest BCUT2D eigenvalue weighted by Gasteiger charge is 2.51. The molecule has 1 aliphatic carbocycles. The Hall–Kier alpha value is -1.62. The van der Waals surface area contributed by atoms with Crippen LogP contribution in [0.4, 0.5) is 10.1 Å². The Balaban J connectivity index is 1.98. The molecule has 6 heteroatoms. The second kappa shape index (κ2) is 4.98. The van der Waals surface area contributed by atoms with E-state index in [-0.39, 0.29) is 35.7 Å². The van der Waals surface area contributed by atoms with E-state index in [0.29, 0.717) is 5.69 Å². The van der Waals surface area contributed by atoms with Crippen molar-refractivity contribution in [3.63, 3.8) is 0 Å². The van der Waals surface area contributed by atoms with Crippen LogP contribution in [-0.2, 0) is 9.59 Å². The van der Waals surface area contributed by atoms with Gasteiger partial charge in [-0.15, -0.1) is 0 Å². The lowest BCUT2D eigenvalue weighted by atomic mass is 9.94. The summed E-state index contributed by atoms with van der Waals surface area (Å²) >= 11 is 5.80. The van der Waals surface area contributed by atoms with Crippen LogP contribution >= 0.6 is 11.6 Å². The Kier molecular flexibility index (Phi) is 3.40. The van der Waals surface area contributed by atoms with Crippen LogP contribution in [0, 0.1) is 11.7 Å². The molecule has 1 unspecified atom stereocenters. The van der Waals surface area contributed by atoms with Crippen LogP contribution in [0.3, 0.4) is 0 Å². The van der Waals surface area contributed by atoms with E-state index in [0.717, 1.165) is 12.8 Å². The number of rotatable bonds is 2. The summed E-state index contributed by atoms with van der Waals surface area (Å²) in [7, 11) is 0. The number of anilines is 1. The predicted octanol–water partition coefficient (Wildman–Crippen LogP) is 2.50. The molecule has 2 fully saturated rings. The highest BCUT2D eigenvalue weighted by atomic mass is 35.5. The number of halogens is 2. The van der Waals surface area contributed by atoms with Gasteiger partial charge in [-0.05, 0) is 43.9 Å². The molecule has 4 nitrogen and oxygen atoms in total. The molecule has 112 valence electrons. The average Bonchev–Trinajstić information content (AvgIpc) is 3.26. The fraction of sp³-hybridized carbons (Fsp3) is 0.467.